The van der Waals surface area contributed by atoms with Crippen molar-refractivity contribution in [3.8, 4) is 0 Å². The summed E-state index contributed by atoms with van der Waals surface area (Å²) >= 11 is 0. The van der Waals surface area contributed by atoms with Crippen molar-refractivity contribution in [3.05, 3.63) is 70.8 Å². The predicted molar refractivity (Wildman–Crippen MR) is 122 cm³/mol. The summed E-state index contributed by atoms with van der Waals surface area (Å²) in [5.41, 5.74) is 1.43. The first-order valence-electron chi connectivity index (χ1n) is 10.3. The van der Waals surface area contributed by atoms with E-state index in [0.29, 0.717) is 32.8 Å². The molecule has 0 aliphatic rings. The third-order valence-corrected chi connectivity index (χ3v) is 6.34. The third-order valence-electron chi connectivity index (χ3n) is 4.58. The Hall–Kier alpha value is -2.79. The van der Waals surface area contributed by atoms with Crippen LogP contribution in [0.1, 0.15) is 43.0 Å². The SMILES string of the molecule is CC(C)(C)OC(=O)N(Cc1ccc(CO)cc1)S(=O)(=O)N(CC=O)Cc1ccc(CO)cc1. The van der Waals surface area contributed by atoms with Gasteiger partial charge in [0.2, 0.25) is 0 Å². The second kappa shape index (κ2) is 11.4. The van der Waals surface area contributed by atoms with Gasteiger partial charge >= 0.3 is 16.3 Å². The number of hydrogen-bond acceptors (Lipinski definition) is 7. The molecule has 2 aromatic rings. The van der Waals surface area contributed by atoms with Gasteiger partial charge in [0.25, 0.3) is 0 Å². The van der Waals surface area contributed by atoms with E-state index in [2.05, 4.69) is 0 Å². The monoisotopic (exact) mass is 478 g/mol. The van der Waals surface area contributed by atoms with Gasteiger partial charge in [-0.25, -0.2) is 4.79 Å². The zero-order chi connectivity index (χ0) is 24.6. The van der Waals surface area contributed by atoms with Crippen LogP contribution >= 0.6 is 0 Å². The summed E-state index contributed by atoms with van der Waals surface area (Å²) in [5, 5.41) is 18.4. The summed E-state index contributed by atoms with van der Waals surface area (Å²) in [6.45, 7) is 3.60. The second-order valence-electron chi connectivity index (χ2n) is 8.40. The fourth-order valence-electron chi connectivity index (χ4n) is 2.89. The molecule has 9 nitrogen and oxygen atoms in total. The molecule has 0 heterocycles. The normalized spacial score (nSPS) is 11.9. The molecule has 180 valence electrons. The van der Waals surface area contributed by atoms with Crippen molar-refractivity contribution >= 4 is 22.6 Å². The predicted octanol–water partition coefficient (Wildman–Crippen LogP) is 2.35. The van der Waals surface area contributed by atoms with E-state index in [-0.39, 0.29) is 26.3 Å². The van der Waals surface area contributed by atoms with Crippen LogP contribution in [0.5, 0.6) is 0 Å². The highest BCUT2D eigenvalue weighted by Gasteiger charge is 2.36. The van der Waals surface area contributed by atoms with Crippen LogP contribution in [0.3, 0.4) is 0 Å². The first-order valence-corrected chi connectivity index (χ1v) is 11.7. The molecule has 0 unspecified atom stereocenters. The van der Waals surface area contributed by atoms with Gasteiger partial charge in [0.15, 0.2) is 0 Å². The Morgan fingerprint density at radius 2 is 1.30 bits per heavy atom. The van der Waals surface area contributed by atoms with Gasteiger partial charge < -0.3 is 19.7 Å². The van der Waals surface area contributed by atoms with Crippen LogP contribution < -0.4 is 0 Å². The molecule has 10 heteroatoms. The van der Waals surface area contributed by atoms with E-state index in [9.17, 15) is 28.2 Å². The molecule has 0 bridgehead atoms. The Morgan fingerprint density at radius 3 is 1.70 bits per heavy atom. The van der Waals surface area contributed by atoms with Crippen LogP contribution in [-0.4, -0.2) is 51.8 Å². The first kappa shape index (κ1) is 26.5. The van der Waals surface area contributed by atoms with Gasteiger partial charge in [0, 0.05) is 6.54 Å². The zero-order valence-electron chi connectivity index (χ0n) is 19.0. The van der Waals surface area contributed by atoms with Gasteiger partial charge in [0.1, 0.15) is 11.9 Å². The van der Waals surface area contributed by atoms with Crippen LogP contribution in [0.2, 0.25) is 0 Å². The van der Waals surface area contributed by atoms with E-state index in [1.54, 1.807) is 69.3 Å². The highest BCUT2D eigenvalue weighted by molar-refractivity contribution is 7.87. The quantitative estimate of drug-likeness (QED) is 0.502. The smallest absolute Gasteiger partial charge is 0.425 e. The first-order chi connectivity index (χ1) is 15.5. The molecule has 0 spiro atoms. The molecular formula is C23H30N2O7S. The van der Waals surface area contributed by atoms with Crippen molar-refractivity contribution in [1.82, 2.24) is 8.61 Å². The maximum absolute atomic E-state index is 13.5. The number of aldehydes is 1. The van der Waals surface area contributed by atoms with Crippen molar-refractivity contribution < 1.29 is 33.0 Å². The van der Waals surface area contributed by atoms with Crippen molar-refractivity contribution in [3.63, 3.8) is 0 Å². The minimum Gasteiger partial charge on any atom is -0.443 e. The molecule has 0 aliphatic heterocycles. The lowest BCUT2D eigenvalue weighted by atomic mass is 10.1. The number of amides is 1. The molecule has 0 aromatic heterocycles. The lowest BCUT2D eigenvalue weighted by molar-refractivity contribution is -0.108. The number of ether oxygens (including phenoxy) is 1. The van der Waals surface area contributed by atoms with Gasteiger partial charge in [0.05, 0.1) is 26.3 Å². The average Bonchev–Trinajstić information content (AvgIpc) is 2.76. The van der Waals surface area contributed by atoms with E-state index in [1.807, 2.05) is 0 Å². The average molecular weight is 479 g/mol. The number of rotatable bonds is 10. The van der Waals surface area contributed by atoms with Crippen LogP contribution in [0.25, 0.3) is 0 Å². The van der Waals surface area contributed by atoms with E-state index in [4.69, 9.17) is 4.74 Å². The van der Waals surface area contributed by atoms with Gasteiger partial charge in [-0.15, -0.1) is 0 Å². The number of nitrogens with zero attached hydrogens (tertiary/aromatic N) is 2. The van der Waals surface area contributed by atoms with Gasteiger partial charge in [-0.1, -0.05) is 48.5 Å². The molecule has 33 heavy (non-hydrogen) atoms. The summed E-state index contributed by atoms with van der Waals surface area (Å²) in [7, 11) is -4.46. The third kappa shape index (κ3) is 7.64. The number of aliphatic hydroxyl groups is 2. The number of aliphatic hydroxyl groups excluding tert-OH is 2. The maximum Gasteiger partial charge on any atom is 0.425 e. The molecule has 0 saturated heterocycles. The van der Waals surface area contributed by atoms with Gasteiger partial charge in [-0.3, -0.25) is 0 Å². The maximum atomic E-state index is 13.5. The lowest BCUT2D eigenvalue weighted by Crippen LogP contribution is -2.48. The zero-order valence-corrected chi connectivity index (χ0v) is 19.8. The number of carbonyl (C=O) groups is 2. The Balaban J connectivity index is 2.41. The van der Waals surface area contributed by atoms with E-state index < -0.39 is 28.4 Å². The van der Waals surface area contributed by atoms with Crippen molar-refractivity contribution in [2.24, 2.45) is 0 Å². The molecule has 1 amide bonds. The summed E-state index contributed by atoms with van der Waals surface area (Å²) in [4.78, 5) is 24.2. The van der Waals surface area contributed by atoms with Crippen LogP contribution in [0.4, 0.5) is 4.79 Å². The topological polar surface area (TPSA) is 124 Å². The van der Waals surface area contributed by atoms with Crippen molar-refractivity contribution in [2.45, 2.75) is 52.7 Å². The van der Waals surface area contributed by atoms with Crippen molar-refractivity contribution in [1.29, 1.82) is 0 Å². The summed E-state index contributed by atoms with van der Waals surface area (Å²) < 4.78 is 33.9. The van der Waals surface area contributed by atoms with Crippen molar-refractivity contribution in [2.75, 3.05) is 6.54 Å². The molecule has 0 radical (unpaired) electrons. The fourth-order valence-corrected chi connectivity index (χ4v) is 4.26. The molecule has 2 rings (SSSR count). The van der Waals surface area contributed by atoms with E-state index in [0.717, 1.165) is 4.31 Å². The molecule has 2 aromatic carbocycles. The standard InChI is InChI=1S/C23H30N2O7S/c1-23(2,3)32-22(29)25(15-19-6-10-21(17-28)11-7-19)33(30,31)24(12-13-26)14-18-4-8-20(16-27)9-5-18/h4-11,13,27-28H,12,14-17H2,1-3H3. The second-order valence-corrected chi connectivity index (χ2v) is 10.3. The Labute approximate surface area is 194 Å². The number of hydrogen-bond donors (Lipinski definition) is 2. The summed E-state index contributed by atoms with van der Waals surface area (Å²) in [6.07, 6.45) is -0.622. The van der Waals surface area contributed by atoms with Crippen LogP contribution in [0.15, 0.2) is 48.5 Å². The molecule has 0 aliphatic carbocycles. The molecular weight excluding hydrogens is 448 g/mol. The molecule has 0 fully saturated rings. The van der Waals surface area contributed by atoms with Crippen LogP contribution in [0, 0.1) is 0 Å². The molecule has 2 N–H and O–H groups in total. The molecule has 0 atom stereocenters. The summed E-state index contributed by atoms with van der Waals surface area (Å²) in [5.74, 6) is 0. The highest BCUT2D eigenvalue weighted by Crippen LogP contribution is 2.21. The molecule has 0 saturated carbocycles. The Kier molecular flexibility index (Phi) is 9.12. The Morgan fingerprint density at radius 1 is 0.879 bits per heavy atom. The largest absolute Gasteiger partial charge is 0.443 e. The minimum absolute atomic E-state index is 0.155. The highest BCUT2D eigenvalue weighted by atomic mass is 32.2. The van der Waals surface area contributed by atoms with Gasteiger partial charge in [-0.2, -0.15) is 17.0 Å². The van der Waals surface area contributed by atoms with Crippen LogP contribution in [-0.2, 0) is 46.0 Å². The van der Waals surface area contributed by atoms with E-state index >= 15 is 0 Å². The number of carbonyl (C=O) groups excluding carboxylic acids is 2. The summed E-state index contributed by atoms with van der Waals surface area (Å²) in [6, 6.07) is 13.0. The van der Waals surface area contributed by atoms with E-state index in [1.165, 1.54) is 0 Å². The fraction of sp³-hybridized carbons (Fsp3) is 0.391. The Bertz CT molecular complexity index is 1030. The lowest BCUT2D eigenvalue weighted by Gasteiger charge is -2.31. The van der Waals surface area contributed by atoms with Gasteiger partial charge in [-0.05, 0) is 43.0 Å². The number of benzene rings is 2. The minimum atomic E-state index is -4.46.